The molecule has 0 aromatic heterocycles. The lowest BCUT2D eigenvalue weighted by Gasteiger charge is -2.25. The van der Waals surface area contributed by atoms with Gasteiger partial charge in [-0.25, -0.2) is 4.79 Å². The van der Waals surface area contributed by atoms with Crippen molar-refractivity contribution in [3.63, 3.8) is 0 Å². The van der Waals surface area contributed by atoms with E-state index in [1.807, 2.05) is 42.5 Å². The highest BCUT2D eigenvalue weighted by molar-refractivity contribution is 5.82. The van der Waals surface area contributed by atoms with Crippen molar-refractivity contribution in [1.82, 2.24) is 0 Å². The molecule has 140 valence electrons. The van der Waals surface area contributed by atoms with Gasteiger partial charge >= 0.3 is 11.9 Å². The molecule has 26 heavy (non-hydrogen) atoms. The number of aliphatic hydroxyl groups is 1. The number of rotatable bonds is 9. The number of carbonyl (C=O) groups excluding carboxylic acids is 2. The SMILES string of the molecule is CC(=O)O[C@H](C[C@@H](O)CC/C=C/c1ccccc1)C[C@H]1CC=CC(=O)O1. The molecular weight excluding hydrogens is 332 g/mol. The summed E-state index contributed by atoms with van der Waals surface area (Å²) < 4.78 is 10.5. The molecule has 1 N–H and O–H groups in total. The van der Waals surface area contributed by atoms with Crippen molar-refractivity contribution in [2.75, 3.05) is 0 Å². The van der Waals surface area contributed by atoms with Gasteiger partial charge in [-0.3, -0.25) is 4.79 Å². The molecule has 1 aliphatic rings. The van der Waals surface area contributed by atoms with Crippen LogP contribution in [0.2, 0.25) is 0 Å². The molecule has 0 fully saturated rings. The van der Waals surface area contributed by atoms with Crippen LogP contribution in [0.1, 0.15) is 44.6 Å². The van der Waals surface area contributed by atoms with E-state index in [1.54, 1.807) is 6.08 Å². The molecule has 0 amide bonds. The van der Waals surface area contributed by atoms with Crippen molar-refractivity contribution in [2.24, 2.45) is 0 Å². The molecule has 0 aliphatic carbocycles. The fraction of sp³-hybridized carbons (Fsp3) is 0.429. The third-order valence-electron chi connectivity index (χ3n) is 4.11. The summed E-state index contributed by atoms with van der Waals surface area (Å²) in [5.41, 5.74) is 1.12. The quantitative estimate of drug-likeness (QED) is 0.685. The zero-order chi connectivity index (χ0) is 18.8. The second kappa shape index (κ2) is 10.6. The van der Waals surface area contributed by atoms with Gasteiger partial charge in [-0.1, -0.05) is 48.6 Å². The Bertz CT molecular complexity index is 635. The van der Waals surface area contributed by atoms with Gasteiger partial charge in [0.2, 0.25) is 0 Å². The summed E-state index contributed by atoms with van der Waals surface area (Å²) in [4.78, 5) is 22.6. The number of hydrogen-bond donors (Lipinski definition) is 1. The van der Waals surface area contributed by atoms with Crippen LogP contribution >= 0.6 is 0 Å². The first kappa shape index (κ1) is 19.9. The van der Waals surface area contributed by atoms with E-state index in [4.69, 9.17) is 9.47 Å². The van der Waals surface area contributed by atoms with Crippen molar-refractivity contribution >= 4 is 18.0 Å². The number of cyclic esters (lactones) is 1. The molecule has 0 saturated heterocycles. The normalized spacial score (nSPS) is 19.2. The van der Waals surface area contributed by atoms with Crippen LogP contribution in [0.25, 0.3) is 6.08 Å². The van der Waals surface area contributed by atoms with Gasteiger partial charge in [0.1, 0.15) is 12.2 Å². The predicted molar refractivity (Wildman–Crippen MR) is 99.1 cm³/mol. The average molecular weight is 358 g/mol. The van der Waals surface area contributed by atoms with Crippen LogP contribution in [-0.4, -0.2) is 35.4 Å². The maximum absolute atomic E-state index is 11.3. The number of carbonyl (C=O) groups is 2. The number of esters is 2. The Kier molecular flexibility index (Phi) is 8.09. The molecule has 1 aromatic carbocycles. The van der Waals surface area contributed by atoms with Gasteiger partial charge in [0, 0.05) is 32.3 Å². The first-order valence-electron chi connectivity index (χ1n) is 8.97. The highest BCUT2D eigenvalue weighted by Gasteiger charge is 2.25. The molecule has 0 bridgehead atoms. The molecule has 0 saturated carbocycles. The molecule has 5 heteroatoms. The summed E-state index contributed by atoms with van der Waals surface area (Å²) in [6.07, 6.45) is 8.44. The van der Waals surface area contributed by atoms with Crippen LogP contribution in [-0.2, 0) is 19.1 Å². The highest BCUT2D eigenvalue weighted by Crippen LogP contribution is 2.20. The van der Waals surface area contributed by atoms with Crippen molar-refractivity contribution < 1.29 is 24.2 Å². The van der Waals surface area contributed by atoms with Gasteiger partial charge in [0.05, 0.1) is 6.10 Å². The molecule has 1 aliphatic heterocycles. The lowest BCUT2D eigenvalue weighted by Crippen LogP contribution is -2.30. The van der Waals surface area contributed by atoms with Gasteiger partial charge in [0.15, 0.2) is 0 Å². The lowest BCUT2D eigenvalue weighted by atomic mass is 9.99. The first-order valence-corrected chi connectivity index (χ1v) is 8.97. The van der Waals surface area contributed by atoms with E-state index >= 15 is 0 Å². The minimum absolute atomic E-state index is 0.318. The lowest BCUT2D eigenvalue weighted by molar-refractivity contribution is -0.153. The van der Waals surface area contributed by atoms with Crippen molar-refractivity contribution in [3.05, 3.63) is 54.1 Å². The Morgan fingerprint density at radius 3 is 2.85 bits per heavy atom. The number of hydrogen-bond acceptors (Lipinski definition) is 5. The maximum atomic E-state index is 11.3. The summed E-state index contributed by atoms with van der Waals surface area (Å²) in [5.74, 6) is -0.779. The topological polar surface area (TPSA) is 72.8 Å². The van der Waals surface area contributed by atoms with E-state index in [1.165, 1.54) is 13.0 Å². The van der Waals surface area contributed by atoms with Crippen LogP contribution in [0.5, 0.6) is 0 Å². The number of benzene rings is 1. The highest BCUT2D eigenvalue weighted by atomic mass is 16.6. The molecule has 0 spiro atoms. The fourth-order valence-corrected chi connectivity index (χ4v) is 2.93. The molecular formula is C21H26O5. The molecule has 0 unspecified atom stereocenters. The Labute approximate surface area is 154 Å². The first-order chi connectivity index (χ1) is 12.5. The Morgan fingerprint density at radius 2 is 2.15 bits per heavy atom. The fourth-order valence-electron chi connectivity index (χ4n) is 2.93. The molecule has 5 nitrogen and oxygen atoms in total. The van der Waals surface area contributed by atoms with Crippen LogP contribution in [0.4, 0.5) is 0 Å². The maximum Gasteiger partial charge on any atom is 0.330 e. The minimum atomic E-state index is -0.588. The monoisotopic (exact) mass is 358 g/mol. The van der Waals surface area contributed by atoms with Crippen molar-refractivity contribution in [1.29, 1.82) is 0 Å². The molecule has 2 rings (SSSR count). The third kappa shape index (κ3) is 7.66. The van der Waals surface area contributed by atoms with E-state index in [0.29, 0.717) is 25.7 Å². The predicted octanol–water partition coefficient (Wildman–Crippen LogP) is 3.42. The van der Waals surface area contributed by atoms with Crippen molar-refractivity contribution in [3.8, 4) is 0 Å². The molecule has 1 aromatic rings. The summed E-state index contributed by atoms with van der Waals surface area (Å²) in [7, 11) is 0. The number of ether oxygens (including phenoxy) is 2. The number of aliphatic hydroxyl groups excluding tert-OH is 1. The van der Waals surface area contributed by atoms with E-state index in [0.717, 1.165) is 12.0 Å². The van der Waals surface area contributed by atoms with Crippen LogP contribution in [0.15, 0.2) is 48.6 Å². The zero-order valence-corrected chi connectivity index (χ0v) is 15.0. The molecule has 1 heterocycles. The Balaban J connectivity index is 1.78. The minimum Gasteiger partial charge on any atom is -0.462 e. The van der Waals surface area contributed by atoms with E-state index in [-0.39, 0.29) is 12.1 Å². The van der Waals surface area contributed by atoms with Crippen LogP contribution in [0, 0.1) is 0 Å². The number of allylic oxidation sites excluding steroid dienone is 1. The van der Waals surface area contributed by atoms with E-state index in [9.17, 15) is 14.7 Å². The van der Waals surface area contributed by atoms with Crippen LogP contribution in [0.3, 0.4) is 0 Å². The molecule has 3 atom stereocenters. The van der Waals surface area contributed by atoms with Gasteiger partial charge < -0.3 is 14.6 Å². The standard InChI is InChI=1S/C21H26O5/c1-16(22)25-20(15-19-12-7-13-21(24)26-19)14-18(23)11-6-5-10-17-8-3-2-4-9-17/h2-5,7-10,13,18-20,23H,6,11-12,14-15H2,1H3/b10-5+/t18-,19+,20+/m0/s1. The largest absolute Gasteiger partial charge is 0.462 e. The van der Waals surface area contributed by atoms with E-state index < -0.39 is 18.2 Å². The Hall–Kier alpha value is -2.40. The second-order valence-electron chi connectivity index (χ2n) is 6.44. The zero-order valence-electron chi connectivity index (χ0n) is 15.0. The Morgan fingerprint density at radius 1 is 1.38 bits per heavy atom. The van der Waals surface area contributed by atoms with Crippen molar-refractivity contribution in [2.45, 2.75) is 57.3 Å². The average Bonchev–Trinajstić information content (AvgIpc) is 2.59. The van der Waals surface area contributed by atoms with Gasteiger partial charge in [-0.2, -0.15) is 0 Å². The van der Waals surface area contributed by atoms with Gasteiger partial charge in [0.25, 0.3) is 0 Å². The molecule has 0 radical (unpaired) electrons. The summed E-state index contributed by atoms with van der Waals surface area (Å²) in [5, 5.41) is 10.3. The van der Waals surface area contributed by atoms with Crippen LogP contribution < -0.4 is 0 Å². The summed E-state index contributed by atoms with van der Waals surface area (Å²) in [6, 6.07) is 9.96. The van der Waals surface area contributed by atoms with Gasteiger partial charge in [-0.15, -0.1) is 0 Å². The summed E-state index contributed by atoms with van der Waals surface area (Å²) in [6.45, 7) is 1.34. The van der Waals surface area contributed by atoms with E-state index in [2.05, 4.69) is 0 Å². The smallest absolute Gasteiger partial charge is 0.330 e. The second-order valence-corrected chi connectivity index (χ2v) is 6.44. The van der Waals surface area contributed by atoms with Gasteiger partial charge in [-0.05, 0) is 18.4 Å². The summed E-state index contributed by atoms with van der Waals surface area (Å²) >= 11 is 0. The third-order valence-corrected chi connectivity index (χ3v) is 4.11.